The number of carbonyl (C=O) groups excluding carboxylic acids is 1. The molecule has 0 saturated heterocycles. The summed E-state index contributed by atoms with van der Waals surface area (Å²) in [4.78, 5) is 15.1. The molecule has 0 aliphatic rings. The Balaban J connectivity index is 1.90. The van der Waals surface area contributed by atoms with E-state index in [0.29, 0.717) is 23.6 Å². The van der Waals surface area contributed by atoms with E-state index < -0.39 is 0 Å². The van der Waals surface area contributed by atoms with E-state index in [2.05, 4.69) is 29.2 Å². The van der Waals surface area contributed by atoms with Gasteiger partial charge in [0.25, 0.3) is 5.91 Å². The number of amides is 1. The van der Waals surface area contributed by atoms with E-state index in [-0.39, 0.29) is 11.3 Å². The van der Waals surface area contributed by atoms with Crippen molar-refractivity contribution in [2.45, 2.75) is 20.8 Å². The Hall–Kier alpha value is -2.86. The molecule has 2 aromatic heterocycles. The molecule has 0 bridgehead atoms. The number of hydrogen-bond acceptors (Lipinski definition) is 4. The molecule has 3 rings (SSSR count). The zero-order chi connectivity index (χ0) is 20.3. The monoisotopic (exact) mass is 380 g/mol. The van der Waals surface area contributed by atoms with Crippen molar-refractivity contribution in [2.24, 2.45) is 5.41 Å². The lowest BCUT2D eigenvalue weighted by molar-refractivity contribution is 0.0929. The van der Waals surface area contributed by atoms with Crippen molar-refractivity contribution in [3.05, 3.63) is 60.0 Å². The molecule has 6 heteroatoms. The fourth-order valence-electron chi connectivity index (χ4n) is 3.32. The largest absolute Gasteiger partial charge is 0.460 e. The first-order valence-electron chi connectivity index (χ1n) is 9.40. The van der Waals surface area contributed by atoms with Gasteiger partial charge < -0.3 is 14.6 Å². The van der Waals surface area contributed by atoms with Crippen LogP contribution in [0.4, 0.5) is 0 Å². The molecule has 0 fully saturated rings. The summed E-state index contributed by atoms with van der Waals surface area (Å²) in [6.07, 6.45) is 1.76. The summed E-state index contributed by atoms with van der Waals surface area (Å²) in [5.74, 6) is 1.21. The number of aryl methyl sites for hydroxylation is 1. The predicted molar refractivity (Wildman–Crippen MR) is 111 cm³/mol. The molecule has 28 heavy (non-hydrogen) atoms. The van der Waals surface area contributed by atoms with E-state index >= 15 is 0 Å². The van der Waals surface area contributed by atoms with Crippen LogP contribution in [0.1, 0.15) is 30.0 Å². The molecule has 0 radical (unpaired) electrons. The second-order valence-corrected chi connectivity index (χ2v) is 8.17. The molecule has 2 heterocycles. The van der Waals surface area contributed by atoms with Crippen LogP contribution in [0.15, 0.2) is 53.1 Å². The van der Waals surface area contributed by atoms with Crippen molar-refractivity contribution in [1.82, 2.24) is 20.0 Å². The Morgan fingerprint density at radius 3 is 2.50 bits per heavy atom. The van der Waals surface area contributed by atoms with Crippen LogP contribution in [-0.2, 0) is 0 Å². The number of carbonyl (C=O) groups is 1. The van der Waals surface area contributed by atoms with Crippen LogP contribution in [0.25, 0.3) is 17.1 Å². The molecule has 3 aromatic rings. The maximum atomic E-state index is 13.0. The zero-order valence-electron chi connectivity index (χ0n) is 17.2. The van der Waals surface area contributed by atoms with Crippen LogP contribution in [0.2, 0.25) is 0 Å². The lowest BCUT2D eigenvalue weighted by atomic mass is 9.93. The van der Waals surface area contributed by atoms with Crippen LogP contribution < -0.4 is 5.32 Å². The summed E-state index contributed by atoms with van der Waals surface area (Å²) >= 11 is 0. The first kappa shape index (κ1) is 19.9. The quantitative estimate of drug-likeness (QED) is 0.678. The van der Waals surface area contributed by atoms with Crippen LogP contribution in [0.3, 0.4) is 0 Å². The van der Waals surface area contributed by atoms with Gasteiger partial charge in [0, 0.05) is 19.3 Å². The van der Waals surface area contributed by atoms with Gasteiger partial charge in [-0.05, 0) is 50.7 Å². The number of hydrogen-bond donors (Lipinski definition) is 1. The maximum Gasteiger partial charge on any atom is 0.255 e. The molecule has 6 nitrogen and oxygen atoms in total. The van der Waals surface area contributed by atoms with Crippen molar-refractivity contribution in [2.75, 3.05) is 27.2 Å². The Kier molecular flexibility index (Phi) is 5.70. The molecule has 148 valence electrons. The fourth-order valence-corrected chi connectivity index (χ4v) is 3.32. The van der Waals surface area contributed by atoms with Crippen LogP contribution in [0.5, 0.6) is 0 Å². The molecule has 0 spiro atoms. The number of furan rings is 1. The van der Waals surface area contributed by atoms with Gasteiger partial charge >= 0.3 is 0 Å². The minimum Gasteiger partial charge on any atom is -0.460 e. The highest BCUT2D eigenvalue weighted by atomic mass is 16.3. The SMILES string of the molecule is Cc1ccc(-c2nn(-c3ccccc3)cc2C(=O)NCC(C)(C)CN(C)C)o1. The van der Waals surface area contributed by atoms with Crippen LogP contribution in [-0.4, -0.2) is 47.8 Å². The molecule has 0 aliphatic carbocycles. The second kappa shape index (κ2) is 8.02. The fraction of sp³-hybridized carbons (Fsp3) is 0.364. The molecule has 0 unspecified atom stereocenters. The van der Waals surface area contributed by atoms with E-state index in [1.807, 2.05) is 63.5 Å². The van der Waals surface area contributed by atoms with Gasteiger partial charge in [-0.15, -0.1) is 0 Å². The average molecular weight is 380 g/mol. The number of nitrogens with one attached hydrogen (secondary N) is 1. The highest BCUT2D eigenvalue weighted by Gasteiger charge is 2.24. The van der Waals surface area contributed by atoms with E-state index in [1.165, 1.54) is 0 Å². The number of para-hydroxylation sites is 1. The third-order valence-corrected chi connectivity index (χ3v) is 4.43. The molecule has 0 aliphatic heterocycles. The van der Waals surface area contributed by atoms with Gasteiger partial charge in [0.05, 0.1) is 11.3 Å². The molecule has 1 aromatic carbocycles. The van der Waals surface area contributed by atoms with Crippen LogP contribution in [0, 0.1) is 12.3 Å². The summed E-state index contributed by atoms with van der Waals surface area (Å²) in [5, 5.41) is 7.70. The van der Waals surface area contributed by atoms with Gasteiger partial charge in [-0.25, -0.2) is 4.68 Å². The molecule has 0 saturated carbocycles. The van der Waals surface area contributed by atoms with Gasteiger partial charge in [0.1, 0.15) is 11.5 Å². The van der Waals surface area contributed by atoms with Gasteiger partial charge in [-0.1, -0.05) is 32.0 Å². The average Bonchev–Trinajstić information content (AvgIpc) is 3.26. The van der Waals surface area contributed by atoms with Crippen molar-refractivity contribution >= 4 is 5.91 Å². The van der Waals surface area contributed by atoms with E-state index in [9.17, 15) is 4.79 Å². The Labute approximate surface area is 166 Å². The molecular weight excluding hydrogens is 352 g/mol. The van der Waals surface area contributed by atoms with E-state index in [4.69, 9.17) is 4.42 Å². The van der Waals surface area contributed by atoms with E-state index in [1.54, 1.807) is 10.9 Å². The molecule has 0 atom stereocenters. The molecular formula is C22H28N4O2. The van der Waals surface area contributed by atoms with Crippen molar-refractivity contribution in [1.29, 1.82) is 0 Å². The number of nitrogens with zero attached hydrogens (tertiary/aromatic N) is 3. The Morgan fingerprint density at radius 1 is 1.18 bits per heavy atom. The standard InChI is InChI=1S/C22H28N4O2/c1-16-11-12-19(28-16)20-18(13-26(24-20)17-9-7-6-8-10-17)21(27)23-14-22(2,3)15-25(4)5/h6-13H,14-15H2,1-5H3,(H,23,27). The minimum absolute atomic E-state index is 0.0456. The van der Waals surface area contributed by atoms with Gasteiger partial charge in [-0.2, -0.15) is 5.10 Å². The highest BCUT2D eigenvalue weighted by Crippen LogP contribution is 2.26. The van der Waals surface area contributed by atoms with Crippen molar-refractivity contribution in [3.8, 4) is 17.1 Å². The smallest absolute Gasteiger partial charge is 0.255 e. The third-order valence-electron chi connectivity index (χ3n) is 4.43. The third kappa shape index (κ3) is 4.70. The summed E-state index contributed by atoms with van der Waals surface area (Å²) < 4.78 is 7.46. The zero-order valence-corrected chi connectivity index (χ0v) is 17.2. The highest BCUT2D eigenvalue weighted by molar-refractivity contribution is 5.99. The minimum atomic E-state index is -0.155. The summed E-state index contributed by atoms with van der Waals surface area (Å²) in [6, 6.07) is 13.5. The number of rotatable bonds is 7. The van der Waals surface area contributed by atoms with Crippen molar-refractivity contribution in [3.63, 3.8) is 0 Å². The lowest BCUT2D eigenvalue weighted by Gasteiger charge is -2.28. The first-order valence-corrected chi connectivity index (χ1v) is 9.40. The van der Waals surface area contributed by atoms with Crippen molar-refractivity contribution < 1.29 is 9.21 Å². The van der Waals surface area contributed by atoms with Gasteiger partial charge in [0.15, 0.2) is 5.76 Å². The summed E-state index contributed by atoms with van der Waals surface area (Å²) in [6.45, 7) is 7.59. The Morgan fingerprint density at radius 2 is 1.89 bits per heavy atom. The van der Waals surface area contributed by atoms with Crippen LogP contribution >= 0.6 is 0 Å². The number of aromatic nitrogens is 2. The topological polar surface area (TPSA) is 63.3 Å². The lowest BCUT2D eigenvalue weighted by Crippen LogP contribution is -2.40. The summed E-state index contributed by atoms with van der Waals surface area (Å²) in [7, 11) is 4.07. The summed E-state index contributed by atoms with van der Waals surface area (Å²) in [5.41, 5.74) is 1.88. The predicted octanol–water partition coefficient (Wildman–Crippen LogP) is 3.76. The van der Waals surface area contributed by atoms with Gasteiger partial charge in [0.2, 0.25) is 0 Å². The van der Waals surface area contributed by atoms with E-state index in [0.717, 1.165) is 18.0 Å². The second-order valence-electron chi connectivity index (χ2n) is 8.17. The first-order chi connectivity index (χ1) is 13.2. The number of benzene rings is 1. The van der Waals surface area contributed by atoms with Gasteiger partial charge in [-0.3, -0.25) is 4.79 Å². The maximum absolute atomic E-state index is 13.0. The molecule has 1 amide bonds. The molecule has 1 N–H and O–H groups in total. The normalized spacial score (nSPS) is 11.8. The Bertz CT molecular complexity index is 939.